The number of aliphatic carboxylic acids is 1. The van der Waals surface area contributed by atoms with Crippen LogP contribution in [0.1, 0.15) is 0 Å². The van der Waals surface area contributed by atoms with Crippen LogP contribution in [0, 0.1) is 5.82 Å². The van der Waals surface area contributed by atoms with Crippen LogP contribution in [0.3, 0.4) is 0 Å². The normalized spacial score (nSPS) is 11.6. The molecule has 0 spiro atoms. The fraction of sp³-hybridized carbons (Fsp3) is 0.200. The van der Waals surface area contributed by atoms with E-state index in [1.807, 2.05) is 0 Å². The van der Waals surface area contributed by atoms with Gasteiger partial charge in [0.15, 0.2) is 0 Å². The van der Waals surface area contributed by atoms with Crippen molar-refractivity contribution < 1.29 is 27.5 Å². The first-order valence-corrected chi connectivity index (χ1v) is 6.91. The van der Waals surface area contributed by atoms with Crippen molar-refractivity contribution in [1.82, 2.24) is 4.31 Å². The van der Waals surface area contributed by atoms with Crippen molar-refractivity contribution in [2.45, 2.75) is 4.90 Å². The Morgan fingerprint density at radius 2 is 1.95 bits per heavy atom. The first kappa shape index (κ1) is 16.3. The summed E-state index contributed by atoms with van der Waals surface area (Å²) in [7, 11) is -4.39. The van der Waals surface area contributed by atoms with Crippen molar-refractivity contribution in [1.29, 1.82) is 0 Å². The first-order chi connectivity index (χ1) is 9.14. The van der Waals surface area contributed by atoms with Crippen molar-refractivity contribution >= 4 is 33.5 Å². The molecule has 0 radical (unpaired) electrons. The van der Waals surface area contributed by atoms with Gasteiger partial charge in [-0.05, 0) is 18.2 Å². The molecule has 1 amide bonds. The predicted molar refractivity (Wildman–Crippen MR) is 67.0 cm³/mol. The average Bonchev–Trinajstić information content (AvgIpc) is 2.26. The van der Waals surface area contributed by atoms with E-state index in [2.05, 4.69) is 0 Å². The Bertz CT molecular complexity index is 633. The number of rotatable bonds is 6. The van der Waals surface area contributed by atoms with Gasteiger partial charge in [-0.25, -0.2) is 12.8 Å². The van der Waals surface area contributed by atoms with Crippen molar-refractivity contribution in [3.8, 4) is 0 Å². The quantitative estimate of drug-likeness (QED) is 0.766. The van der Waals surface area contributed by atoms with Gasteiger partial charge in [0, 0.05) is 0 Å². The summed E-state index contributed by atoms with van der Waals surface area (Å²) in [6, 6.07) is 2.49. The molecule has 0 unspecified atom stereocenters. The summed E-state index contributed by atoms with van der Waals surface area (Å²) < 4.78 is 37.6. The maximum atomic E-state index is 12.9. The zero-order valence-corrected chi connectivity index (χ0v) is 11.5. The number of carboxylic acids is 1. The first-order valence-electron chi connectivity index (χ1n) is 5.10. The van der Waals surface area contributed by atoms with Gasteiger partial charge < -0.3 is 10.8 Å². The molecule has 0 aromatic heterocycles. The fourth-order valence-corrected chi connectivity index (χ4v) is 3.23. The van der Waals surface area contributed by atoms with E-state index >= 15 is 0 Å². The van der Waals surface area contributed by atoms with Crippen LogP contribution in [0.25, 0.3) is 0 Å². The minimum Gasteiger partial charge on any atom is -0.480 e. The Hall–Kier alpha value is -1.71. The molecule has 0 bridgehead atoms. The highest BCUT2D eigenvalue weighted by Gasteiger charge is 2.29. The van der Waals surface area contributed by atoms with Gasteiger partial charge in [-0.3, -0.25) is 9.59 Å². The highest BCUT2D eigenvalue weighted by Crippen LogP contribution is 2.25. The molecule has 0 saturated heterocycles. The Morgan fingerprint density at radius 3 is 2.40 bits per heavy atom. The van der Waals surface area contributed by atoms with Crippen LogP contribution in [0.15, 0.2) is 23.1 Å². The number of sulfonamides is 1. The average molecular weight is 325 g/mol. The van der Waals surface area contributed by atoms with E-state index in [0.29, 0.717) is 4.31 Å². The SMILES string of the molecule is NC(=O)CN(CC(=O)O)S(=O)(=O)c1ccc(F)cc1Cl. The fourth-order valence-electron chi connectivity index (χ4n) is 1.37. The molecule has 1 aromatic rings. The predicted octanol–water partition coefficient (Wildman–Crippen LogP) is 0.0397. The number of hydrogen-bond donors (Lipinski definition) is 2. The molecule has 0 saturated carbocycles. The number of carbonyl (C=O) groups is 2. The third-order valence-electron chi connectivity index (χ3n) is 2.16. The second kappa shape index (κ2) is 6.16. The van der Waals surface area contributed by atoms with Gasteiger partial charge in [-0.1, -0.05) is 11.6 Å². The van der Waals surface area contributed by atoms with Crippen LogP contribution in [-0.4, -0.2) is 42.8 Å². The second-order valence-electron chi connectivity index (χ2n) is 3.71. The van der Waals surface area contributed by atoms with Crippen LogP contribution >= 0.6 is 11.6 Å². The van der Waals surface area contributed by atoms with Crippen molar-refractivity contribution in [2.75, 3.05) is 13.1 Å². The molecule has 10 heteroatoms. The molecular weight excluding hydrogens is 315 g/mol. The number of nitrogens with zero attached hydrogens (tertiary/aromatic N) is 1. The molecule has 0 aliphatic carbocycles. The van der Waals surface area contributed by atoms with Gasteiger partial charge in [-0.2, -0.15) is 4.31 Å². The third-order valence-corrected chi connectivity index (χ3v) is 4.43. The van der Waals surface area contributed by atoms with Gasteiger partial charge >= 0.3 is 5.97 Å². The van der Waals surface area contributed by atoms with Gasteiger partial charge in [-0.15, -0.1) is 0 Å². The minimum absolute atomic E-state index is 0.344. The Labute approximate surface area is 118 Å². The molecule has 0 atom stereocenters. The number of nitrogens with two attached hydrogens (primary N) is 1. The lowest BCUT2D eigenvalue weighted by molar-refractivity contribution is -0.137. The number of primary amides is 1. The van der Waals surface area contributed by atoms with Crippen LogP contribution < -0.4 is 5.73 Å². The van der Waals surface area contributed by atoms with Crippen molar-refractivity contribution in [2.24, 2.45) is 5.73 Å². The lowest BCUT2D eigenvalue weighted by Crippen LogP contribution is -2.41. The highest BCUT2D eigenvalue weighted by molar-refractivity contribution is 7.89. The molecule has 110 valence electrons. The summed E-state index contributed by atoms with van der Waals surface area (Å²) in [6.07, 6.45) is 0. The van der Waals surface area contributed by atoms with E-state index < -0.39 is 50.7 Å². The van der Waals surface area contributed by atoms with Crippen LogP contribution in [0.4, 0.5) is 4.39 Å². The van der Waals surface area contributed by atoms with E-state index in [-0.39, 0.29) is 0 Å². The third kappa shape index (κ3) is 3.89. The zero-order valence-electron chi connectivity index (χ0n) is 9.92. The number of hydrogen-bond acceptors (Lipinski definition) is 4. The summed E-state index contributed by atoms with van der Waals surface area (Å²) in [6.45, 7) is -1.80. The zero-order chi connectivity index (χ0) is 15.5. The molecular formula is C10H10ClFN2O5S. The molecule has 20 heavy (non-hydrogen) atoms. The molecule has 0 fully saturated rings. The summed E-state index contributed by atoms with van der Waals surface area (Å²) >= 11 is 5.62. The van der Waals surface area contributed by atoms with E-state index in [9.17, 15) is 22.4 Å². The standard InChI is InChI=1S/C10H10ClFN2O5S/c11-7-3-6(12)1-2-8(7)20(18,19)14(4-9(13)15)5-10(16)17/h1-3H,4-5H2,(H2,13,15)(H,16,17). The maximum absolute atomic E-state index is 12.9. The van der Waals surface area contributed by atoms with Gasteiger partial charge in [0.2, 0.25) is 15.9 Å². The molecule has 3 N–H and O–H groups in total. The van der Waals surface area contributed by atoms with Crippen molar-refractivity contribution in [3.05, 3.63) is 29.0 Å². The molecule has 1 aromatic carbocycles. The summed E-state index contributed by atoms with van der Waals surface area (Å²) in [4.78, 5) is 21.0. The Kier molecular flexibility index (Phi) is 5.03. The molecule has 0 aliphatic heterocycles. The summed E-state index contributed by atoms with van der Waals surface area (Å²) in [5.74, 6) is -3.27. The number of carbonyl (C=O) groups excluding carboxylic acids is 1. The smallest absolute Gasteiger partial charge is 0.318 e. The topological polar surface area (TPSA) is 118 Å². The van der Waals surface area contributed by atoms with Crippen LogP contribution in [0.2, 0.25) is 5.02 Å². The van der Waals surface area contributed by atoms with E-state index in [0.717, 1.165) is 18.2 Å². The summed E-state index contributed by atoms with van der Waals surface area (Å²) in [5.41, 5.74) is 4.88. The summed E-state index contributed by atoms with van der Waals surface area (Å²) in [5, 5.41) is 8.24. The number of amides is 1. The lowest BCUT2D eigenvalue weighted by atomic mass is 10.3. The largest absolute Gasteiger partial charge is 0.480 e. The highest BCUT2D eigenvalue weighted by atomic mass is 35.5. The molecule has 0 aliphatic rings. The van der Waals surface area contributed by atoms with Gasteiger partial charge in [0.05, 0.1) is 11.6 Å². The maximum Gasteiger partial charge on any atom is 0.318 e. The van der Waals surface area contributed by atoms with E-state index in [4.69, 9.17) is 22.4 Å². The molecule has 0 heterocycles. The lowest BCUT2D eigenvalue weighted by Gasteiger charge is -2.19. The number of halogens is 2. The van der Waals surface area contributed by atoms with Crippen LogP contribution in [0.5, 0.6) is 0 Å². The van der Waals surface area contributed by atoms with Crippen LogP contribution in [-0.2, 0) is 19.6 Å². The number of carboxylic acid groups (broad SMARTS) is 1. The van der Waals surface area contributed by atoms with Crippen molar-refractivity contribution in [3.63, 3.8) is 0 Å². The molecule has 1 rings (SSSR count). The van der Waals surface area contributed by atoms with E-state index in [1.54, 1.807) is 0 Å². The monoisotopic (exact) mass is 324 g/mol. The molecule has 7 nitrogen and oxygen atoms in total. The second-order valence-corrected chi connectivity index (χ2v) is 6.02. The Balaban J connectivity index is 3.28. The minimum atomic E-state index is -4.39. The number of benzene rings is 1. The van der Waals surface area contributed by atoms with E-state index in [1.165, 1.54) is 0 Å². The van der Waals surface area contributed by atoms with Gasteiger partial charge in [0.25, 0.3) is 0 Å². The van der Waals surface area contributed by atoms with Gasteiger partial charge in [0.1, 0.15) is 17.3 Å². The Morgan fingerprint density at radius 1 is 1.35 bits per heavy atom.